The molecule has 2 heterocycles. The van der Waals surface area contributed by atoms with Crippen molar-refractivity contribution >= 4 is 39.4 Å². The minimum atomic E-state index is -3.66. The number of hydrogen-bond acceptors (Lipinski definition) is 8. The number of carbonyl (C=O) groups excluding carboxylic acids is 5. The number of amides is 5. The van der Waals surface area contributed by atoms with E-state index in [-0.39, 0.29) is 29.9 Å². The van der Waals surface area contributed by atoms with Crippen molar-refractivity contribution in [2.75, 3.05) is 12.3 Å². The van der Waals surface area contributed by atoms with Gasteiger partial charge in [0.05, 0.1) is 23.6 Å². The number of ketones is 1. The van der Waals surface area contributed by atoms with E-state index in [9.17, 15) is 32.4 Å². The lowest BCUT2D eigenvalue weighted by Crippen LogP contribution is -2.64. The number of rotatable bonds is 13. The van der Waals surface area contributed by atoms with Crippen LogP contribution in [-0.4, -0.2) is 78.8 Å². The molecular formula is C34H53N5O8S. The highest BCUT2D eigenvalue weighted by Crippen LogP contribution is 2.42. The molecule has 48 heavy (non-hydrogen) atoms. The topological polar surface area (TPSA) is 198 Å². The van der Waals surface area contributed by atoms with Crippen LogP contribution in [0, 0.1) is 22.7 Å². The van der Waals surface area contributed by atoms with E-state index >= 15 is 0 Å². The van der Waals surface area contributed by atoms with E-state index in [1.807, 2.05) is 20.8 Å². The molecule has 0 bridgehead atoms. The van der Waals surface area contributed by atoms with Gasteiger partial charge in [0.1, 0.15) is 23.6 Å². The average Bonchev–Trinajstić information content (AvgIpc) is 3.58. The fraction of sp³-hybridized carbons (Fsp3) is 0.735. The first-order valence-electron chi connectivity index (χ1n) is 17.0. The van der Waals surface area contributed by atoms with Crippen molar-refractivity contribution in [2.24, 2.45) is 28.4 Å². The number of hydrogen-bond donors (Lipinski definition) is 4. The molecule has 3 unspecified atom stereocenters. The molecule has 0 spiro atoms. The molecule has 13 nitrogen and oxygen atoms in total. The average molecular weight is 692 g/mol. The summed E-state index contributed by atoms with van der Waals surface area (Å²) in [6.45, 7) is 11.3. The Balaban J connectivity index is 1.54. The summed E-state index contributed by atoms with van der Waals surface area (Å²) in [5, 5.41) is 8.54. The first-order valence-corrected chi connectivity index (χ1v) is 18.8. The number of nitrogens with one attached hydrogen (secondary N) is 3. The van der Waals surface area contributed by atoms with E-state index in [4.69, 9.17) is 10.2 Å². The van der Waals surface area contributed by atoms with Crippen molar-refractivity contribution in [3.63, 3.8) is 0 Å². The second-order valence-electron chi connectivity index (χ2n) is 15.9. The smallest absolute Gasteiger partial charge is 0.315 e. The maximum absolute atomic E-state index is 14.4. The van der Waals surface area contributed by atoms with Crippen LogP contribution >= 0.6 is 0 Å². The van der Waals surface area contributed by atoms with Crippen molar-refractivity contribution in [2.45, 2.75) is 122 Å². The molecule has 2 aliphatic carbocycles. The number of carbonyl (C=O) groups is 5. The van der Waals surface area contributed by atoms with Gasteiger partial charge in [0, 0.05) is 6.54 Å². The third-order valence-corrected chi connectivity index (χ3v) is 12.2. The summed E-state index contributed by atoms with van der Waals surface area (Å²) < 4.78 is 31.8. The van der Waals surface area contributed by atoms with E-state index in [1.165, 1.54) is 11.2 Å². The third kappa shape index (κ3) is 8.97. The second kappa shape index (κ2) is 14.2. The van der Waals surface area contributed by atoms with Crippen LogP contribution in [0.15, 0.2) is 22.8 Å². The molecule has 0 radical (unpaired) electrons. The van der Waals surface area contributed by atoms with E-state index in [1.54, 1.807) is 32.9 Å². The summed E-state index contributed by atoms with van der Waals surface area (Å²) in [4.78, 5) is 68.0. The highest BCUT2D eigenvalue weighted by Gasteiger charge is 2.54. The molecule has 1 aromatic heterocycles. The molecule has 0 aromatic carbocycles. The van der Waals surface area contributed by atoms with Crippen molar-refractivity contribution < 1.29 is 36.8 Å². The molecule has 4 rings (SSSR count). The van der Waals surface area contributed by atoms with Crippen LogP contribution in [0.1, 0.15) is 98.7 Å². The zero-order valence-electron chi connectivity index (χ0n) is 29.1. The van der Waals surface area contributed by atoms with Crippen molar-refractivity contribution in [1.29, 1.82) is 0 Å². The van der Waals surface area contributed by atoms with Gasteiger partial charge < -0.3 is 31.0 Å². The largest absolute Gasteiger partial charge is 0.468 e. The Kier molecular flexibility index (Phi) is 11.1. The quantitative estimate of drug-likeness (QED) is 0.226. The van der Waals surface area contributed by atoms with Gasteiger partial charge in [-0.05, 0) is 54.1 Å². The lowest BCUT2D eigenvalue weighted by atomic mass is 9.77. The zero-order chi connectivity index (χ0) is 35.7. The Labute approximate surface area is 283 Å². The summed E-state index contributed by atoms with van der Waals surface area (Å²) >= 11 is 0. The summed E-state index contributed by atoms with van der Waals surface area (Å²) in [5.41, 5.74) is 2.77. The summed E-state index contributed by atoms with van der Waals surface area (Å²) in [6.07, 6.45) is 6.86. The van der Waals surface area contributed by atoms with Crippen LogP contribution in [0.2, 0.25) is 0 Å². The third-order valence-electron chi connectivity index (χ3n) is 10.4. The lowest BCUT2D eigenvalue weighted by molar-refractivity contribution is -0.145. The number of furan rings is 1. The molecule has 2 saturated carbocycles. The molecule has 3 aliphatic rings. The summed E-state index contributed by atoms with van der Waals surface area (Å²) in [5.74, 6) is -3.16. The van der Waals surface area contributed by atoms with Gasteiger partial charge in [0.25, 0.3) is 5.91 Å². The van der Waals surface area contributed by atoms with Crippen LogP contribution in [0.3, 0.4) is 0 Å². The van der Waals surface area contributed by atoms with E-state index < -0.39 is 73.9 Å². The molecule has 1 aliphatic heterocycles. The van der Waals surface area contributed by atoms with Gasteiger partial charge in [-0.25, -0.2) is 13.2 Å². The standard InChI is InChI=1S/C34H53N5O8S/c1-21-18-39(27(33(21,5)6)29(42)36-24(17-22-12-13-22)25(40)28(35)41)30(43)26(32(2,3)4)37-31(44)38-34(14-8-7-9-15-34)20-48(45,46)19-23-11-10-16-47-23/h10-11,16,21-22,24,26-27H,7-9,12-15,17-20H2,1-6H3,(H2,35,41)(H,36,42)(H2,37,38,44)/t21?,24?,26-,27?/m1/s1. The van der Waals surface area contributed by atoms with Gasteiger partial charge >= 0.3 is 6.03 Å². The summed E-state index contributed by atoms with van der Waals surface area (Å²) in [7, 11) is -3.66. The Hall–Kier alpha value is -3.42. The monoisotopic (exact) mass is 691 g/mol. The molecule has 268 valence electrons. The Morgan fingerprint density at radius 1 is 1.06 bits per heavy atom. The second-order valence-corrected chi connectivity index (χ2v) is 18.0. The van der Waals surface area contributed by atoms with Crippen LogP contribution in [0.4, 0.5) is 4.79 Å². The fourth-order valence-electron chi connectivity index (χ4n) is 7.18. The summed E-state index contributed by atoms with van der Waals surface area (Å²) in [6, 6.07) is -0.592. The molecule has 1 saturated heterocycles. The van der Waals surface area contributed by atoms with Crippen LogP contribution in [0.5, 0.6) is 0 Å². The Bertz CT molecular complexity index is 1470. The molecular weight excluding hydrogens is 638 g/mol. The first-order chi connectivity index (χ1) is 22.2. The SMILES string of the molecule is CC1CN(C(=O)[C@@H](NC(=O)NC2(CS(=O)(=O)Cc3ccco3)CCCCC2)C(C)(C)C)C(C(=O)NC(CC2CC2)C(=O)C(N)=O)C1(C)C. The number of Topliss-reactive ketones (excluding diaryl/α,β-unsaturated/α-hetero) is 1. The first kappa shape index (κ1) is 37.4. The predicted molar refractivity (Wildman–Crippen MR) is 179 cm³/mol. The predicted octanol–water partition coefficient (Wildman–Crippen LogP) is 2.82. The maximum Gasteiger partial charge on any atom is 0.315 e. The Morgan fingerprint density at radius 3 is 2.25 bits per heavy atom. The number of nitrogens with two attached hydrogens (primary N) is 1. The molecule has 1 aromatic rings. The van der Waals surface area contributed by atoms with Crippen molar-refractivity contribution in [3.05, 3.63) is 24.2 Å². The number of urea groups is 1. The van der Waals surface area contributed by atoms with Gasteiger partial charge in [-0.3, -0.25) is 19.2 Å². The van der Waals surface area contributed by atoms with Gasteiger partial charge in [0.2, 0.25) is 17.6 Å². The van der Waals surface area contributed by atoms with Crippen LogP contribution < -0.4 is 21.7 Å². The van der Waals surface area contributed by atoms with Gasteiger partial charge in [-0.15, -0.1) is 0 Å². The number of primary amides is 1. The van der Waals surface area contributed by atoms with Gasteiger partial charge in [0.15, 0.2) is 9.84 Å². The van der Waals surface area contributed by atoms with Crippen molar-refractivity contribution in [1.82, 2.24) is 20.9 Å². The number of nitrogens with zero attached hydrogens (tertiary/aromatic N) is 1. The zero-order valence-corrected chi connectivity index (χ0v) is 29.9. The molecule has 14 heteroatoms. The number of likely N-dealkylation sites (tertiary alicyclic amines) is 1. The normalized spacial score (nSPS) is 23.5. The maximum atomic E-state index is 14.4. The Morgan fingerprint density at radius 2 is 1.71 bits per heavy atom. The lowest BCUT2D eigenvalue weighted by Gasteiger charge is -2.40. The van der Waals surface area contributed by atoms with E-state index in [2.05, 4.69) is 16.0 Å². The molecule has 5 amide bonds. The van der Waals surface area contributed by atoms with Crippen molar-refractivity contribution in [3.8, 4) is 0 Å². The highest BCUT2D eigenvalue weighted by molar-refractivity contribution is 7.90. The highest BCUT2D eigenvalue weighted by atomic mass is 32.2. The van der Waals surface area contributed by atoms with Gasteiger partial charge in [-0.2, -0.15) is 0 Å². The minimum absolute atomic E-state index is 0.120. The molecule has 3 fully saturated rings. The fourth-order valence-corrected chi connectivity index (χ4v) is 9.09. The van der Waals surface area contributed by atoms with Crippen LogP contribution in [-0.2, 0) is 34.8 Å². The van der Waals surface area contributed by atoms with Crippen LogP contribution in [0.25, 0.3) is 0 Å². The number of sulfone groups is 1. The van der Waals surface area contributed by atoms with Gasteiger partial charge in [-0.1, -0.05) is 73.6 Å². The molecule has 4 atom stereocenters. The van der Waals surface area contributed by atoms with E-state index in [0.29, 0.717) is 25.0 Å². The van der Waals surface area contributed by atoms with E-state index in [0.717, 1.165) is 32.1 Å². The molecule has 5 N–H and O–H groups in total. The minimum Gasteiger partial charge on any atom is -0.468 e.